The van der Waals surface area contributed by atoms with Crippen molar-refractivity contribution in [1.82, 2.24) is 4.90 Å². The molecule has 0 aliphatic carbocycles. The first-order valence-corrected chi connectivity index (χ1v) is 7.27. The van der Waals surface area contributed by atoms with Gasteiger partial charge in [0, 0.05) is 12.1 Å². The maximum atomic E-state index is 13.5. The highest BCUT2D eigenvalue weighted by Crippen LogP contribution is 2.34. The van der Waals surface area contributed by atoms with Gasteiger partial charge < -0.3 is 5.73 Å². The third kappa shape index (κ3) is 3.15. The van der Waals surface area contributed by atoms with Crippen molar-refractivity contribution < 1.29 is 4.39 Å². The SMILES string of the molecule is CC(C)C1CCCN1C(c1cccc(F)c1)C(C)N. The van der Waals surface area contributed by atoms with Gasteiger partial charge in [0.1, 0.15) is 5.82 Å². The van der Waals surface area contributed by atoms with Crippen LogP contribution in [0.5, 0.6) is 0 Å². The molecule has 1 aliphatic rings. The summed E-state index contributed by atoms with van der Waals surface area (Å²) in [6, 6.07) is 7.56. The molecule has 2 rings (SSSR count). The number of hydrogen-bond acceptors (Lipinski definition) is 2. The average Bonchev–Trinajstić information content (AvgIpc) is 2.78. The molecule has 0 radical (unpaired) electrons. The lowest BCUT2D eigenvalue weighted by molar-refractivity contribution is 0.130. The van der Waals surface area contributed by atoms with Crippen molar-refractivity contribution in [2.24, 2.45) is 11.7 Å². The van der Waals surface area contributed by atoms with E-state index in [9.17, 15) is 4.39 Å². The van der Waals surface area contributed by atoms with E-state index in [2.05, 4.69) is 18.7 Å². The van der Waals surface area contributed by atoms with Gasteiger partial charge in [-0.25, -0.2) is 4.39 Å². The topological polar surface area (TPSA) is 29.3 Å². The highest BCUT2D eigenvalue weighted by atomic mass is 19.1. The normalized spacial score (nSPS) is 23.8. The van der Waals surface area contributed by atoms with Gasteiger partial charge in [0.15, 0.2) is 0 Å². The van der Waals surface area contributed by atoms with E-state index in [0.29, 0.717) is 12.0 Å². The Bertz CT molecular complexity index is 417. The first-order valence-electron chi connectivity index (χ1n) is 7.27. The lowest BCUT2D eigenvalue weighted by atomic mass is 9.95. The van der Waals surface area contributed by atoms with Gasteiger partial charge in [0.2, 0.25) is 0 Å². The molecule has 0 saturated carbocycles. The van der Waals surface area contributed by atoms with Gasteiger partial charge >= 0.3 is 0 Å². The minimum absolute atomic E-state index is 0.00106. The van der Waals surface area contributed by atoms with Crippen molar-refractivity contribution in [3.8, 4) is 0 Å². The minimum atomic E-state index is -0.177. The number of rotatable bonds is 4. The van der Waals surface area contributed by atoms with Crippen LogP contribution in [0.3, 0.4) is 0 Å². The summed E-state index contributed by atoms with van der Waals surface area (Å²) < 4.78 is 13.5. The Morgan fingerprint density at radius 1 is 1.32 bits per heavy atom. The summed E-state index contributed by atoms with van der Waals surface area (Å²) in [4.78, 5) is 2.48. The summed E-state index contributed by atoms with van der Waals surface area (Å²) >= 11 is 0. The van der Waals surface area contributed by atoms with E-state index in [-0.39, 0.29) is 17.9 Å². The molecule has 0 spiro atoms. The Morgan fingerprint density at radius 3 is 2.63 bits per heavy atom. The maximum Gasteiger partial charge on any atom is 0.123 e. The molecule has 1 heterocycles. The number of nitrogens with zero attached hydrogens (tertiary/aromatic N) is 1. The van der Waals surface area contributed by atoms with Crippen molar-refractivity contribution in [3.05, 3.63) is 35.6 Å². The molecule has 3 unspecified atom stereocenters. The fraction of sp³-hybridized carbons (Fsp3) is 0.625. The Kier molecular flexibility index (Phi) is 4.58. The zero-order valence-corrected chi connectivity index (χ0v) is 12.1. The van der Waals surface area contributed by atoms with E-state index in [1.807, 2.05) is 13.0 Å². The molecule has 3 atom stereocenters. The van der Waals surface area contributed by atoms with Crippen molar-refractivity contribution in [3.63, 3.8) is 0 Å². The Labute approximate surface area is 115 Å². The largest absolute Gasteiger partial charge is 0.326 e. The Balaban J connectivity index is 2.30. The van der Waals surface area contributed by atoms with E-state index in [1.165, 1.54) is 18.9 Å². The highest BCUT2D eigenvalue weighted by molar-refractivity contribution is 5.22. The van der Waals surface area contributed by atoms with E-state index in [4.69, 9.17) is 5.73 Å². The molecule has 0 amide bonds. The number of benzene rings is 1. The molecular weight excluding hydrogens is 239 g/mol. The van der Waals surface area contributed by atoms with Crippen LogP contribution in [0, 0.1) is 11.7 Å². The summed E-state index contributed by atoms with van der Waals surface area (Å²) in [7, 11) is 0. The molecule has 106 valence electrons. The molecule has 0 bridgehead atoms. The Morgan fingerprint density at radius 2 is 2.05 bits per heavy atom. The number of nitrogens with two attached hydrogens (primary N) is 1. The zero-order chi connectivity index (χ0) is 14.0. The number of hydrogen-bond donors (Lipinski definition) is 1. The second-order valence-electron chi connectivity index (χ2n) is 6.05. The lowest BCUT2D eigenvalue weighted by Crippen LogP contribution is -2.44. The van der Waals surface area contributed by atoms with Crippen LogP contribution in [0.15, 0.2) is 24.3 Å². The van der Waals surface area contributed by atoms with Crippen LogP contribution in [0.4, 0.5) is 4.39 Å². The minimum Gasteiger partial charge on any atom is -0.326 e. The summed E-state index contributed by atoms with van der Waals surface area (Å²) in [5.74, 6) is 0.431. The van der Waals surface area contributed by atoms with Crippen LogP contribution < -0.4 is 5.73 Å². The summed E-state index contributed by atoms with van der Waals surface area (Å²) in [6.07, 6.45) is 2.43. The van der Waals surface area contributed by atoms with Gasteiger partial charge in [-0.2, -0.15) is 0 Å². The predicted octanol–water partition coefficient (Wildman–Crippen LogP) is 3.33. The van der Waals surface area contributed by atoms with Crippen molar-refractivity contribution in [1.29, 1.82) is 0 Å². The van der Waals surface area contributed by atoms with Gasteiger partial charge in [-0.15, -0.1) is 0 Å². The van der Waals surface area contributed by atoms with Gasteiger partial charge in [-0.3, -0.25) is 4.90 Å². The van der Waals surface area contributed by atoms with Crippen molar-refractivity contribution in [2.75, 3.05) is 6.54 Å². The average molecular weight is 264 g/mol. The maximum absolute atomic E-state index is 13.5. The van der Waals surface area contributed by atoms with Crippen LogP contribution in [0.25, 0.3) is 0 Å². The van der Waals surface area contributed by atoms with E-state index < -0.39 is 0 Å². The molecule has 2 N–H and O–H groups in total. The van der Waals surface area contributed by atoms with E-state index >= 15 is 0 Å². The van der Waals surface area contributed by atoms with E-state index in [0.717, 1.165) is 12.1 Å². The second-order valence-corrected chi connectivity index (χ2v) is 6.05. The lowest BCUT2D eigenvalue weighted by Gasteiger charge is -2.37. The van der Waals surface area contributed by atoms with Gasteiger partial charge in [-0.1, -0.05) is 26.0 Å². The standard InChI is InChI=1S/C16H25FN2/c1-11(2)15-8-5-9-19(15)16(12(3)18)13-6-4-7-14(17)10-13/h4,6-7,10-12,15-16H,5,8-9,18H2,1-3H3. The molecule has 1 saturated heterocycles. The fourth-order valence-corrected chi connectivity index (χ4v) is 3.36. The van der Waals surface area contributed by atoms with Crippen LogP contribution in [-0.4, -0.2) is 23.5 Å². The van der Waals surface area contributed by atoms with Crippen LogP contribution in [0.2, 0.25) is 0 Å². The summed E-state index contributed by atoms with van der Waals surface area (Å²) in [5.41, 5.74) is 7.20. The van der Waals surface area contributed by atoms with Crippen LogP contribution in [-0.2, 0) is 0 Å². The molecule has 3 heteroatoms. The number of halogens is 1. The summed E-state index contributed by atoms with van der Waals surface area (Å²) in [6.45, 7) is 7.59. The van der Waals surface area contributed by atoms with Crippen LogP contribution >= 0.6 is 0 Å². The second kappa shape index (κ2) is 6.02. The van der Waals surface area contributed by atoms with Gasteiger partial charge in [-0.05, 0) is 49.9 Å². The third-order valence-corrected chi connectivity index (χ3v) is 4.16. The fourth-order valence-electron chi connectivity index (χ4n) is 3.36. The van der Waals surface area contributed by atoms with Crippen molar-refractivity contribution in [2.45, 2.75) is 51.7 Å². The molecule has 1 aromatic rings. The highest BCUT2D eigenvalue weighted by Gasteiger charge is 2.34. The van der Waals surface area contributed by atoms with Gasteiger partial charge in [0.05, 0.1) is 6.04 Å². The first kappa shape index (κ1) is 14.5. The number of likely N-dealkylation sites (tertiary alicyclic amines) is 1. The Hall–Kier alpha value is -0.930. The quantitative estimate of drug-likeness (QED) is 0.903. The smallest absolute Gasteiger partial charge is 0.123 e. The van der Waals surface area contributed by atoms with Crippen LogP contribution in [0.1, 0.15) is 45.2 Å². The van der Waals surface area contributed by atoms with Gasteiger partial charge in [0.25, 0.3) is 0 Å². The van der Waals surface area contributed by atoms with E-state index in [1.54, 1.807) is 12.1 Å². The predicted molar refractivity (Wildman–Crippen MR) is 77.4 cm³/mol. The molecule has 2 nitrogen and oxygen atoms in total. The van der Waals surface area contributed by atoms with Crippen molar-refractivity contribution >= 4 is 0 Å². The molecule has 1 fully saturated rings. The monoisotopic (exact) mass is 264 g/mol. The zero-order valence-electron chi connectivity index (χ0n) is 12.1. The summed E-state index contributed by atoms with van der Waals surface area (Å²) in [5, 5.41) is 0. The molecular formula is C16H25FN2. The molecule has 1 aliphatic heterocycles. The molecule has 0 aromatic heterocycles. The first-order chi connectivity index (χ1) is 9.00. The third-order valence-electron chi connectivity index (χ3n) is 4.16. The molecule has 1 aromatic carbocycles. The molecule has 19 heavy (non-hydrogen) atoms.